The average Bonchev–Trinajstić information content (AvgIpc) is 3.29. The van der Waals surface area contributed by atoms with Crippen LogP contribution in [-0.2, 0) is 13.2 Å². The van der Waals surface area contributed by atoms with Crippen molar-refractivity contribution in [1.29, 1.82) is 0 Å². The summed E-state index contributed by atoms with van der Waals surface area (Å²) in [5, 5.41) is 11.4. The quantitative estimate of drug-likeness (QED) is 0.383. The molecule has 0 atom stereocenters. The van der Waals surface area contributed by atoms with Gasteiger partial charge in [0.1, 0.15) is 23.1 Å². The standard InChI is InChI=1S/C25H25ClN4O3/c1-15-7-5-10-19(11-15)12-30-13-21(26)24(28-30)27-25(31)22-20(18(4)33-29-22)14-32-23-16(2)8-6-9-17(23)3/h5-11,13H,12,14H2,1-4H3,(H,27,28,31). The van der Waals surface area contributed by atoms with Crippen molar-refractivity contribution in [2.24, 2.45) is 0 Å². The molecule has 4 aromatic rings. The van der Waals surface area contributed by atoms with E-state index >= 15 is 0 Å². The summed E-state index contributed by atoms with van der Waals surface area (Å²) in [5.74, 6) is 1.09. The molecule has 1 N–H and O–H groups in total. The molecule has 0 saturated carbocycles. The number of nitrogens with zero attached hydrogens (tertiary/aromatic N) is 3. The van der Waals surface area contributed by atoms with Gasteiger partial charge in [-0.25, -0.2) is 0 Å². The number of aryl methyl sites for hydroxylation is 4. The molecule has 0 radical (unpaired) electrons. The van der Waals surface area contributed by atoms with Crippen LogP contribution in [0.15, 0.2) is 53.2 Å². The lowest BCUT2D eigenvalue weighted by Crippen LogP contribution is -2.16. The second-order valence-electron chi connectivity index (χ2n) is 8.04. The van der Waals surface area contributed by atoms with Gasteiger partial charge in [-0.3, -0.25) is 9.48 Å². The Morgan fingerprint density at radius 2 is 1.85 bits per heavy atom. The van der Waals surface area contributed by atoms with Crippen molar-refractivity contribution in [2.45, 2.75) is 40.8 Å². The highest BCUT2D eigenvalue weighted by atomic mass is 35.5. The Morgan fingerprint density at radius 1 is 1.12 bits per heavy atom. The molecule has 0 spiro atoms. The predicted octanol–water partition coefficient (Wildman–Crippen LogP) is 5.64. The molecule has 0 aliphatic carbocycles. The van der Waals surface area contributed by atoms with Crippen molar-refractivity contribution in [1.82, 2.24) is 14.9 Å². The fourth-order valence-electron chi connectivity index (χ4n) is 3.64. The minimum absolute atomic E-state index is 0.142. The van der Waals surface area contributed by atoms with Gasteiger partial charge in [0, 0.05) is 6.20 Å². The van der Waals surface area contributed by atoms with Gasteiger partial charge in [0.2, 0.25) is 0 Å². The van der Waals surface area contributed by atoms with E-state index in [1.807, 2.05) is 57.2 Å². The minimum Gasteiger partial charge on any atom is -0.488 e. The molecule has 0 unspecified atom stereocenters. The number of anilines is 1. The molecule has 0 aliphatic rings. The second kappa shape index (κ2) is 9.50. The van der Waals surface area contributed by atoms with Gasteiger partial charge >= 0.3 is 0 Å². The van der Waals surface area contributed by atoms with Crippen LogP contribution in [0.1, 0.15) is 44.1 Å². The summed E-state index contributed by atoms with van der Waals surface area (Å²) in [6.07, 6.45) is 1.68. The maximum absolute atomic E-state index is 13.0. The Balaban J connectivity index is 1.49. The fraction of sp³-hybridized carbons (Fsp3) is 0.240. The maximum Gasteiger partial charge on any atom is 0.279 e. The van der Waals surface area contributed by atoms with Crippen LogP contribution in [0.5, 0.6) is 5.75 Å². The highest BCUT2D eigenvalue weighted by Crippen LogP contribution is 2.26. The highest BCUT2D eigenvalue weighted by molar-refractivity contribution is 6.33. The van der Waals surface area contributed by atoms with Crippen LogP contribution in [0.2, 0.25) is 5.02 Å². The number of carbonyl (C=O) groups is 1. The molecule has 170 valence electrons. The zero-order valence-electron chi connectivity index (χ0n) is 19.0. The Hall–Kier alpha value is -3.58. The van der Waals surface area contributed by atoms with E-state index in [-0.39, 0.29) is 18.1 Å². The van der Waals surface area contributed by atoms with Gasteiger partial charge in [-0.05, 0) is 44.4 Å². The van der Waals surface area contributed by atoms with E-state index in [4.69, 9.17) is 20.9 Å². The first-order valence-electron chi connectivity index (χ1n) is 10.6. The number of benzene rings is 2. The van der Waals surface area contributed by atoms with Gasteiger partial charge in [0.25, 0.3) is 5.91 Å². The first kappa shape index (κ1) is 22.6. The van der Waals surface area contributed by atoms with Crippen molar-refractivity contribution in [3.05, 3.63) is 93.0 Å². The van der Waals surface area contributed by atoms with Crippen LogP contribution in [0, 0.1) is 27.7 Å². The average molecular weight is 465 g/mol. The first-order chi connectivity index (χ1) is 15.8. The van der Waals surface area contributed by atoms with E-state index in [0.717, 1.165) is 28.0 Å². The molecule has 7 nitrogen and oxygen atoms in total. The largest absolute Gasteiger partial charge is 0.488 e. The molecule has 2 heterocycles. The predicted molar refractivity (Wildman–Crippen MR) is 127 cm³/mol. The van der Waals surface area contributed by atoms with Gasteiger partial charge in [-0.2, -0.15) is 5.10 Å². The number of amides is 1. The summed E-state index contributed by atoms with van der Waals surface area (Å²) in [6.45, 7) is 8.43. The molecule has 33 heavy (non-hydrogen) atoms. The van der Waals surface area contributed by atoms with Crippen molar-refractivity contribution in [3.63, 3.8) is 0 Å². The summed E-state index contributed by atoms with van der Waals surface area (Å²) in [5.41, 5.74) is 5.00. The fourth-order valence-corrected chi connectivity index (χ4v) is 3.84. The monoisotopic (exact) mass is 464 g/mol. The third kappa shape index (κ3) is 5.09. The van der Waals surface area contributed by atoms with E-state index in [0.29, 0.717) is 22.9 Å². The lowest BCUT2D eigenvalue weighted by molar-refractivity contribution is 0.101. The van der Waals surface area contributed by atoms with Crippen molar-refractivity contribution in [2.75, 3.05) is 5.32 Å². The Kier molecular flexibility index (Phi) is 6.51. The van der Waals surface area contributed by atoms with E-state index in [2.05, 4.69) is 21.6 Å². The summed E-state index contributed by atoms with van der Waals surface area (Å²) >= 11 is 6.33. The molecule has 0 fully saturated rings. The summed E-state index contributed by atoms with van der Waals surface area (Å²) < 4.78 is 13.0. The van der Waals surface area contributed by atoms with Gasteiger partial charge in [0.15, 0.2) is 11.5 Å². The van der Waals surface area contributed by atoms with Crippen LogP contribution in [-0.4, -0.2) is 20.8 Å². The minimum atomic E-state index is -0.463. The SMILES string of the molecule is Cc1cccc(Cn2cc(Cl)c(NC(=O)c3noc(C)c3COc3c(C)cccc3C)n2)c1. The molecule has 1 amide bonds. The lowest BCUT2D eigenvalue weighted by Gasteiger charge is -2.12. The third-order valence-corrected chi connectivity index (χ3v) is 5.62. The van der Waals surface area contributed by atoms with Crippen LogP contribution in [0.3, 0.4) is 0 Å². The topological polar surface area (TPSA) is 82.2 Å². The zero-order chi connectivity index (χ0) is 23.5. The summed E-state index contributed by atoms with van der Waals surface area (Å²) in [6, 6.07) is 14.1. The third-order valence-electron chi connectivity index (χ3n) is 5.35. The van der Waals surface area contributed by atoms with Gasteiger partial charge in [-0.1, -0.05) is 64.8 Å². The van der Waals surface area contributed by atoms with Gasteiger partial charge < -0.3 is 14.6 Å². The van der Waals surface area contributed by atoms with E-state index in [9.17, 15) is 4.79 Å². The van der Waals surface area contributed by atoms with Crippen LogP contribution < -0.4 is 10.1 Å². The van der Waals surface area contributed by atoms with E-state index in [1.165, 1.54) is 0 Å². The molecule has 2 aromatic heterocycles. The first-order valence-corrected chi connectivity index (χ1v) is 10.9. The van der Waals surface area contributed by atoms with Gasteiger partial charge in [-0.15, -0.1) is 0 Å². The summed E-state index contributed by atoms with van der Waals surface area (Å²) in [4.78, 5) is 13.0. The molecular weight excluding hydrogens is 440 g/mol. The molecule has 4 rings (SSSR count). The number of para-hydroxylation sites is 1. The molecule has 0 saturated heterocycles. The van der Waals surface area contributed by atoms with E-state index in [1.54, 1.807) is 17.8 Å². The molecule has 0 aliphatic heterocycles. The Labute approximate surface area is 197 Å². The maximum atomic E-state index is 13.0. The normalized spacial score (nSPS) is 10.9. The Morgan fingerprint density at radius 3 is 2.58 bits per heavy atom. The molecular formula is C25H25ClN4O3. The number of aromatic nitrogens is 3. The molecule has 0 bridgehead atoms. The Bertz CT molecular complexity index is 1290. The van der Waals surface area contributed by atoms with Crippen molar-refractivity contribution < 1.29 is 14.1 Å². The van der Waals surface area contributed by atoms with Crippen LogP contribution >= 0.6 is 11.6 Å². The van der Waals surface area contributed by atoms with Crippen molar-refractivity contribution in [3.8, 4) is 5.75 Å². The van der Waals surface area contributed by atoms with Crippen LogP contribution in [0.25, 0.3) is 0 Å². The lowest BCUT2D eigenvalue weighted by atomic mass is 10.1. The van der Waals surface area contributed by atoms with E-state index < -0.39 is 5.91 Å². The summed E-state index contributed by atoms with van der Waals surface area (Å²) in [7, 11) is 0. The van der Waals surface area contributed by atoms with Crippen molar-refractivity contribution >= 4 is 23.3 Å². The highest BCUT2D eigenvalue weighted by Gasteiger charge is 2.23. The smallest absolute Gasteiger partial charge is 0.279 e. The van der Waals surface area contributed by atoms with Crippen LogP contribution in [0.4, 0.5) is 5.82 Å². The molecule has 2 aromatic carbocycles. The number of carbonyl (C=O) groups excluding carboxylic acids is 1. The number of nitrogens with one attached hydrogen (secondary N) is 1. The number of hydrogen-bond donors (Lipinski definition) is 1. The molecule has 8 heteroatoms. The second-order valence-corrected chi connectivity index (χ2v) is 8.45. The zero-order valence-corrected chi connectivity index (χ0v) is 19.7. The number of ether oxygens (including phenoxy) is 1. The number of halogens is 1. The number of rotatable bonds is 7. The number of hydrogen-bond acceptors (Lipinski definition) is 5. The van der Waals surface area contributed by atoms with Gasteiger partial charge in [0.05, 0.1) is 12.1 Å².